The van der Waals surface area contributed by atoms with Gasteiger partial charge in [-0.05, 0) is 18.6 Å². The van der Waals surface area contributed by atoms with Gasteiger partial charge in [-0.15, -0.1) is 24.0 Å². The summed E-state index contributed by atoms with van der Waals surface area (Å²) in [6, 6.07) is 9.18. The molecule has 0 unspecified atom stereocenters. The van der Waals surface area contributed by atoms with Gasteiger partial charge in [0.25, 0.3) is 5.91 Å². The van der Waals surface area contributed by atoms with Crippen molar-refractivity contribution < 1.29 is 4.79 Å². The lowest BCUT2D eigenvalue weighted by Gasteiger charge is -2.11. The molecule has 1 aromatic carbocycles. The Morgan fingerprint density at radius 2 is 1.65 bits per heavy atom. The largest absolute Gasteiger partial charge is 0.356 e. The third-order valence-electron chi connectivity index (χ3n) is 2.51. The third-order valence-corrected chi connectivity index (χ3v) is 2.51. The summed E-state index contributed by atoms with van der Waals surface area (Å²) in [7, 11) is 1.73. The molecule has 112 valence electrons. The molecule has 1 rings (SSSR count). The average Bonchev–Trinajstić information content (AvgIpc) is 2.47. The zero-order valence-corrected chi connectivity index (χ0v) is 14.3. The molecule has 0 aromatic heterocycles. The first kappa shape index (κ1) is 18.7. The van der Waals surface area contributed by atoms with Crippen molar-refractivity contribution in [2.45, 2.75) is 13.3 Å². The minimum atomic E-state index is -0.0566. The second kappa shape index (κ2) is 11.5. The third kappa shape index (κ3) is 7.32. The number of carbonyl (C=O) groups is 1. The molecule has 20 heavy (non-hydrogen) atoms. The maximum atomic E-state index is 11.7. The van der Waals surface area contributed by atoms with E-state index < -0.39 is 0 Å². The Morgan fingerprint density at radius 3 is 2.25 bits per heavy atom. The van der Waals surface area contributed by atoms with Gasteiger partial charge in [0, 0.05) is 32.2 Å². The van der Waals surface area contributed by atoms with Crippen LogP contribution in [-0.2, 0) is 0 Å². The first-order valence-electron chi connectivity index (χ1n) is 6.55. The second-order valence-corrected chi connectivity index (χ2v) is 4.05. The molecular weight excluding hydrogens is 367 g/mol. The fourth-order valence-corrected chi connectivity index (χ4v) is 1.51. The topological polar surface area (TPSA) is 65.5 Å². The summed E-state index contributed by atoms with van der Waals surface area (Å²) in [4.78, 5) is 15.8. The van der Waals surface area contributed by atoms with E-state index >= 15 is 0 Å². The number of nitrogens with zero attached hydrogens (tertiary/aromatic N) is 1. The Hall–Kier alpha value is -1.31. The smallest absolute Gasteiger partial charge is 0.251 e. The molecule has 0 bridgehead atoms. The molecular formula is C14H23IN4O. The molecule has 1 amide bonds. The lowest BCUT2D eigenvalue weighted by molar-refractivity contribution is 0.0954. The summed E-state index contributed by atoms with van der Waals surface area (Å²) < 4.78 is 0. The van der Waals surface area contributed by atoms with E-state index in [4.69, 9.17) is 0 Å². The van der Waals surface area contributed by atoms with Crippen LogP contribution in [0.4, 0.5) is 0 Å². The molecule has 0 saturated heterocycles. The van der Waals surface area contributed by atoms with Gasteiger partial charge in [0.15, 0.2) is 5.96 Å². The van der Waals surface area contributed by atoms with E-state index in [0.29, 0.717) is 18.7 Å². The number of hydrogen-bond donors (Lipinski definition) is 3. The van der Waals surface area contributed by atoms with Gasteiger partial charge in [0.2, 0.25) is 0 Å². The van der Waals surface area contributed by atoms with Crippen LogP contribution in [0.5, 0.6) is 0 Å². The fraction of sp³-hybridized carbons (Fsp3) is 0.429. The summed E-state index contributed by atoms with van der Waals surface area (Å²) in [5.74, 6) is 0.703. The van der Waals surface area contributed by atoms with Crippen LogP contribution in [0.3, 0.4) is 0 Å². The van der Waals surface area contributed by atoms with Crippen LogP contribution in [0, 0.1) is 0 Å². The van der Waals surface area contributed by atoms with E-state index in [0.717, 1.165) is 18.9 Å². The van der Waals surface area contributed by atoms with Gasteiger partial charge in [-0.25, -0.2) is 0 Å². The molecule has 0 heterocycles. The molecule has 0 aliphatic carbocycles. The summed E-state index contributed by atoms with van der Waals surface area (Å²) in [6.07, 6.45) is 1.05. The van der Waals surface area contributed by atoms with E-state index in [9.17, 15) is 4.79 Å². The van der Waals surface area contributed by atoms with Gasteiger partial charge < -0.3 is 16.0 Å². The van der Waals surface area contributed by atoms with Crippen molar-refractivity contribution in [2.75, 3.05) is 26.7 Å². The molecule has 0 aliphatic rings. The first-order chi connectivity index (χ1) is 9.27. The first-order valence-corrected chi connectivity index (χ1v) is 6.55. The van der Waals surface area contributed by atoms with Crippen molar-refractivity contribution in [3.05, 3.63) is 35.9 Å². The highest BCUT2D eigenvalue weighted by atomic mass is 127. The number of amides is 1. The molecule has 3 N–H and O–H groups in total. The normalized spacial score (nSPS) is 10.4. The van der Waals surface area contributed by atoms with E-state index in [1.165, 1.54) is 0 Å². The van der Waals surface area contributed by atoms with Crippen molar-refractivity contribution in [3.63, 3.8) is 0 Å². The van der Waals surface area contributed by atoms with Crippen LogP contribution in [0.1, 0.15) is 23.7 Å². The number of aliphatic imine (C=N–C) groups is 1. The Morgan fingerprint density at radius 1 is 1.05 bits per heavy atom. The molecule has 0 fully saturated rings. The Balaban J connectivity index is 0.00000361. The van der Waals surface area contributed by atoms with Gasteiger partial charge in [-0.2, -0.15) is 0 Å². The predicted octanol–water partition coefficient (Wildman–Crippen LogP) is 1.61. The zero-order valence-electron chi connectivity index (χ0n) is 12.0. The van der Waals surface area contributed by atoms with Crippen LogP contribution < -0.4 is 16.0 Å². The maximum Gasteiger partial charge on any atom is 0.251 e. The van der Waals surface area contributed by atoms with E-state index in [2.05, 4.69) is 27.9 Å². The molecule has 6 heteroatoms. The highest BCUT2D eigenvalue weighted by Gasteiger charge is 2.02. The lowest BCUT2D eigenvalue weighted by Crippen LogP contribution is -2.41. The van der Waals surface area contributed by atoms with Gasteiger partial charge in [-0.1, -0.05) is 25.1 Å². The zero-order chi connectivity index (χ0) is 13.9. The highest BCUT2D eigenvalue weighted by Crippen LogP contribution is 1.96. The van der Waals surface area contributed by atoms with Gasteiger partial charge in [0.1, 0.15) is 0 Å². The summed E-state index contributed by atoms with van der Waals surface area (Å²) >= 11 is 0. The molecule has 0 atom stereocenters. The summed E-state index contributed by atoms with van der Waals surface area (Å²) in [5, 5.41) is 9.15. The maximum absolute atomic E-state index is 11.7. The molecule has 1 aromatic rings. The minimum Gasteiger partial charge on any atom is -0.356 e. The standard InChI is InChI=1S/C14H22N4O.HI/c1-3-9-17-14(15-2)18-11-10-16-13(19)12-7-5-4-6-8-12;/h4-8H,3,9-11H2,1-2H3,(H,16,19)(H2,15,17,18);1H. The lowest BCUT2D eigenvalue weighted by atomic mass is 10.2. The molecule has 0 radical (unpaired) electrons. The van der Waals surface area contributed by atoms with Crippen molar-refractivity contribution >= 4 is 35.8 Å². The number of halogens is 1. The number of rotatable bonds is 6. The molecule has 0 aliphatic heterocycles. The van der Waals surface area contributed by atoms with Gasteiger partial charge >= 0.3 is 0 Å². The highest BCUT2D eigenvalue weighted by molar-refractivity contribution is 14.0. The molecule has 5 nitrogen and oxygen atoms in total. The number of hydrogen-bond acceptors (Lipinski definition) is 2. The van der Waals surface area contributed by atoms with Crippen molar-refractivity contribution in [2.24, 2.45) is 4.99 Å². The van der Waals surface area contributed by atoms with Crippen molar-refractivity contribution in [1.82, 2.24) is 16.0 Å². The molecule has 0 saturated carbocycles. The van der Waals surface area contributed by atoms with Crippen molar-refractivity contribution in [1.29, 1.82) is 0 Å². The summed E-state index contributed by atoms with van der Waals surface area (Å²) in [6.45, 7) is 4.18. The predicted molar refractivity (Wildman–Crippen MR) is 93.8 cm³/mol. The number of benzene rings is 1. The minimum absolute atomic E-state index is 0. The van der Waals surface area contributed by atoms with E-state index in [1.807, 2.05) is 18.2 Å². The van der Waals surface area contributed by atoms with Gasteiger partial charge in [0.05, 0.1) is 0 Å². The van der Waals surface area contributed by atoms with Crippen molar-refractivity contribution in [3.8, 4) is 0 Å². The number of carbonyl (C=O) groups excluding carboxylic acids is 1. The Labute approximate surface area is 137 Å². The fourth-order valence-electron chi connectivity index (χ4n) is 1.51. The van der Waals surface area contributed by atoms with Crippen LogP contribution in [0.25, 0.3) is 0 Å². The van der Waals surface area contributed by atoms with E-state index in [1.54, 1.807) is 19.2 Å². The van der Waals surface area contributed by atoms with Crippen LogP contribution in [0.2, 0.25) is 0 Å². The van der Waals surface area contributed by atoms with E-state index in [-0.39, 0.29) is 29.9 Å². The Bertz CT molecular complexity index is 409. The SMILES string of the molecule is CCCNC(=NC)NCCNC(=O)c1ccccc1.I. The number of nitrogens with one attached hydrogen (secondary N) is 3. The van der Waals surface area contributed by atoms with Gasteiger partial charge in [-0.3, -0.25) is 9.79 Å². The summed E-state index contributed by atoms with van der Waals surface area (Å²) in [5.41, 5.74) is 0.677. The second-order valence-electron chi connectivity index (χ2n) is 4.05. The van der Waals surface area contributed by atoms with Crippen LogP contribution in [0.15, 0.2) is 35.3 Å². The average molecular weight is 390 g/mol. The quantitative estimate of drug-likeness (QED) is 0.299. The van der Waals surface area contributed by atoms with Crippen LogP contribution >= 0.6 is 24.0 Å². The number of guanidine groups is 1. The Kier molecular flexibility index (Phi) is 10.8. The molecule has 0 spiro atoms. The monoisotopic (exact) mass is 390 g/mol. The van der Waals surface area contributed by atoms with Crippen LogP contribution in [-0.4, -0.2) is 38.5 Å².